The molecule has 2 unspecified atom stereocenters. The number of rotatable bonds is 9. The summed E-state index contributed by atoms with van der Waals surface area (Å²) < 4.78 is 0. The third-order valence-corrected chi connectivity index (χ3v) is 3.30. The molecule has 18 heavy (non-hydrogen) atoms. The van der Waals surface area contributed by atoms with Crippen LogP contribution in [0.4, 0.5) is 0 Å². The van der Waals surface area contributed by atoms with E-state index in [1.807, 2.05) is 6.92 Å². The van der Waals surface area contributed by atoms with Crippen LogP contribution in [0.5, 0.6) is 0 Å². The highest BCUT2D eigenvalue weighted by molar-refractivity contribution is 5.81. The number of hydrogen-bond acceptors (Lipinski definition) is 3. The number of nitrogens with one attached hydrogen (secondary N) is 2. The molecular formula is C14H31N3O. The molecule has 0 heterocycles. The van der Waals surface area contributed by atoms with Gasteiger partial charge in [0.1, 0.15) is 0 Å². The molecule has 1 amide bonds. The first-order chi connectivity index (χ1) is 8.38. The summed E-state index contributed by atoms with van der Waals surface area (Å²) in [6.45, 7) is 12.2. The number of carbonyl (C=O) groups excluding carboxylic acids is 1. The topological polar surface area (TPSA) is 44.4 Å². The summed E-state index contributed by atoms with van der Waals surface area (Å²) in [5, 5.41) is 6.29. The molecule has 0 aromatic rings. The van der Waals surface area contributed by atoms with Gasteiger partial charge in [-0.25, -0.2) is 0 Å². The van der Waals surface area contributed by atoms with Crippen LogP contribution in [-0.4, -0.2) is 49.1 Å². The fraction of sp³-hybridized carbons (Fsp3) is 0.929. The molecular weight excluding hydrogens is 226 g/mol. The molecule has 4 nitrogen and oxygen atoms in total. The number of hydrogen-bond donors (Lipinski definition) is 2. The van der Waals surface area contributed by atoms with Crippen molar-refractivity contribution in [2.75, 3.05) is 20.1 Å². The van der Waals surface area contributed by atoms with Gasteiger partial charge in [-0.05, 0) is 41.2 Å². The predicted octanol–water partition coefficient (Wildman–Crippen LogP) is 1.61. The highest BCUT2D eigenvalue weighted by Crippen LogP contribution is 1.96. The first-order valence-corrected chi connectivity index (χ1v) is 7.12. The Morgan fingerprint density at radius 3 is 2.33 bits per heavy atom. The minimum absolute atomic E-state index is 0.100. The Morgan fingerprint density at radius 1 is 1.22 bits per heavy atom. The van der Waals surface area contributed by atoms with Crippen LogP contribution in [0.1, 0.15) is 47.5 Å². The Bertz CT molecular complexity index is 231. The van der Waals surface area contributed by atoms with Crippen LogP contribution in [0, 0.1) is 0 Å². The fourth-order valence-corrected chi connectivity index (χ4v) is 1.68. The van der Waals surface area contributed by atoms with Gasteiger partial charge in [0.05, 0.1) is 6.04 Å². The van der Waals surface area contributed by atoms with Crippen molar-refractivity contribution in [1.29, 1.82) is 0 Å². The standard InChI is InChI=1S/C14H31N3O/c1-7-8-12(4)16-14(18)13(5)15-9-10-17(6)11(2)3/h11-13,15H,7-10H2,1-6H3,(H,16,18). The van der Waals surface area contributed by atoms with Gasteiger partial charge in [0.25, 0.3) is 0 Å². The van der Waals surface area contributed by atoms with E-state index in [0.29, 0.717) is 6.04 Å². The van der Waals surface area contributed by atoms with E-state index in [4.69, 9.17) is 0 Å². The highest BCUT2D eigenvalue weighted by atomic mass is 16.2. The van der Waals surface area contributed by atoms with Crippen molar-refractivity contribution in [2.45, 2.75) is 65.6 Å². The van der Waals surface area contributed by atoms with Crippen molar-refractivity contribution < 1.29 is 4.79 Å². The minimum atomic E-state index is -0.120. The molecule has 0 aliphatic carbocycles. The SMILES string of the molecule is CCCC(C)NC(=O)C(C)NCCN(C)C(C)C. The molecule has 0 aliphatic heterocycles. The van der Waals surface area contributed by atoms with E-state index in [1.54, 1.807) is 0 Å². The maximum atomic E-state index is 11.9. The first-order valence-electron chi connectivity index (χ1n) is 7.12. The Balaban J connectivity index is 3.81. The van der Waals surface area contributed by atoms with Gasteiger partial charge in [0.2, 0.25) is 5.91 Å². The van der Waals surface area contributed by atoms with Crippen LogP contribution in [0.25, 0.3) is 0 Å². The van der Waals surface area contributed by atoms with Gasteiger partial charge in [-0.3, -0.25) is 4.79 Å². The zero-order valence-corrected chi connectivity index (χ0v) is 12.9. The molecule has 0 aromatic heterocycles. The summed E-state index contributed by atoms with van der Waals surface area (Å²) in [4.78, 5) is 14.1. The summed E-state index contributed by atoms with van der Waals surface area (Å²) in [6.07, 6.45) is 2.14. The van der Waals surface area contributed by atoms with Crippen LogP contribution in [-0.2, 0) is 4.79 Å². The lowest BCUT2D eigenvalue weighted by atomic mass is 10.2. The third-order valence-electron chi connectivity index (χ3n) is 3.30. The number of likely N-dealkylation sites (N-methyl/N-ethyl adjacent to an activating group) is 1. The van der Waals surface area contributed by atoms with Crippen molar-refractivity contribution in [3.05, 3.63) is 0 Å². The molecule has 0 bridgehead atoms. The molecule has 2 N–H and O–H groups in total. The lowest BCUT2D eigenvalue weighted by molar-refractivity contribution is -0.123. The number of amides is 1. The van der Waals surface area contributed by atoms with Crippen molar-refractivity contribution in [3.8, 4) is 0 Å². The van der Waals surface area contributed by atoms with E-state index in [-0.39, 0.29) is 18.0 Å². The third kappa shape index (κ3) is 7.67. The summed E-state index contributed by atoms with van der Waals surface area (Å²) in [7, 11) is 2.10. The van der Waals surface area contributed by atoms with Gasteiger partial charge in [0, 0.05) is 25.2 Å². The molecule has 0 rings (SSSR count). The monoisotopic (exact) mass is 257 g/mol. The molecule has 0 fully saturated rings. The van der Waals surface area contributed by atoms with Gasteiger partial charge in [-0.15, -0.1) is 0 Å². The van der Waals surface area contributed by atoms with Crippen molar-refractivity contribution in [2.24, 2.45) is 0 Å². The Kier molecular flexibility index (Phi) is 9.02. The van der Waals surface area contributed by atoms with Crippen LogP contribution >= 0.6 is 0 Å². The van der Waals surface area contributed by atoms with Crippen molar-refractivity contribution in [3.63, 3.8) is 0 Å². The molecule has 0 aliphatic rings. The van der Waals surface area contributed by atoms with Gasteiger partial charge in [-0.2, -0.15) is 0 Å². The molecule has 0 saturated carbocycles. The van der Waals surface area contributed by atoms with Crippen molar-refractivity contribution >= 4 is 5.91 Å². The van der Waals surface area contributed by atoms with E-state index in [9.17, 15) is 4.79 Å². The second-order valence-corrected chi connectivity index (χ2v) is 5.45. The zero-order valence-electron chi connectivity index (χ0n) is 12.9. The van der Waals surface area contributed by atoms with E-state index >= 15 is 0 Å². The normalized spacial score (nSPS) is 14.9. The van der Waals surface area contributed by atoms with Crippen LogP contribution in [0.15, 0.2) is 0 Å². The summed E-state index contributed by atoms with van der Waals surface area (Å²) >= 11 is 0. The van der Waals surface area contributed by atoms with E-state index in [0.717, 1.165) is 25.9 Å². The maximum Gasteiger partial charge on any atom is 0.237 e. The number of nitrogens with zero attached hydrogens (tertiary/aromatic N) is 1. The molecule has 0 radical (unpaired) electrons. The summed E-state index contributed by atoms with van der Waals surface area (Å²) in [5.41, 5.74) is 0. The first kappa shape index (κ1) is 17.4. The average molecular weight is 257 g/mol. The van der Waals surface area contributed by atoms with Crippen molar-refractivity contribution in [1.82, 2.24) is 15.5 Å². The van der Waals surface area contributed by atoms with Gasteiger partial charge < -0.3 is 15.5 Å². The Hall–Kier alpha value is -0.610. The zero-order chi connectivity index (χ0) is 14.1. The van der Waals surface area contributed by atoms with Gasteiger partial charge in [-0.1, -0.05) is 13.3 Å². The Morgan fingerprint density at radius 2 is 1.83 bits per heavy atom. The lowest BCUT2D eigenvalue weighted by Crippen LogP contribution is -2.47. The largest absolute Gasteiger partial charge is 0.352 e. The highest BCUT2D eigenvalue weighted by Gasteiger charge is 2.14. The Labute approximate surface area is 113 Å². The quantitative estimate of drug-likeness (QED) is 0.659. The molecule has 0 saturated heterocycles. The number of carbonyl (C=O) groups is 1. The smallest absolute Gasteiger partial charge is 0.237 e. The minimum Gasteiger partial charge on any atom is -0.352 e. The van der Waals surface area contributed by atoms with Gasteiger partial charge >= 0.3 is 0 Å². The maximum absolute atomic E-state index is 11.9. The molecule has 0 spiro atoms. The van der Waals surface area contributed by atoms with Crippen LogP contribution in [0.3, 0.4) is 0 Å². The summed E-state index contributed by atoms with van der Waals surface area (Å²) in [6, 6.07) is 0.690. The molecule has 0 aromatic carbocycles. The van der Waals surface area contributed by atoms with E-state index in [2.05, 4.69) is 50.3 Å². The second kappa shape index (κ2) is 9.34. The van der Waals surface area contributed by atoms with Crippen LogP contribution < -0.4 is 10.6 Å². The van der Waals surface area contributed by atoms with Gasteiger partial charge in [0.15, 0.2) is 0 Å². The lowest BCUT2D eigenvalue weighted by Gasteiger charge is -2.23. The van der Waals surface area contributed by atoms with E-state index < -0.39 is 0 Å². The molecule has 4 heteroatoms. The predicted molar refractivity (Wildman–Crippen MR) is 77.7 cm³/mol. The fourth-order valence-electron chi connectivity index (χ4n) is 1.68. The van der Waals surface area contributed by atoms with Crippen LogP contribution in [0.2, 0.25) is 0 Å². The second-order valence-electron chi connectivity index (χ2n) is 5.45. The average Bonchev–Trinajstić information content (AvgIpc) is 2.28. The van der Waals surface area contributed by atoms with E-state index in [1.165, 1.54) is 0 Å². The summed E-state index contributed by atoms with van der Waals surface area (Å²) in [5.74, 6) is 0.100. The molecule has 108 valence electrons. The molecule has 2 atom stereocenters.